The molecule has 0 atom stereocenters. The predicted octanol–water partition coefficient (Wildman–Crippen LogP) is 2.26. The summed E-state index contributed by atoms with van der Waals surface area (Å²) in [6, 6.07) is 0. The maximum absolute atomic E-state index is 11.6. The summed E-state index contributed by atoms with van der Waals surface area (Å²) < 4.78 is 39.2. The second-order valence-corrected chi connectivity index (χ2v) is 3.12. The van der Waals surface area contributed by atoms with Gasteiger partial charge >= 0.3 is 6.18 Å². The summed E-state index contributed by atoms with van der Waals surface area (Å²) in [4.78, 5) is 3.91. The van der Waals surface area contributed by atoms with E-state index in [0.717, 1.165) is 5.69 Å². The molecule has 2 nitrogen and oxygen atoms in total. The van der Waals surface area contributed by atoms with Crippen molar-refractivity contribution in [3.05, 3.63) is 16.6 Å². The monoisotopic (exact) mass is 211 g/mol. The van der Waals surface area contributed by atoms with Gasteiger partial charge in [0.15, 0.2) is 0 Å². The van der Waals surface area contributed by atoms with Crippen LogP contribution in [-0.4, -0.2) is 24.4 Å². The molecule has 1 rings (SSSR count). The van der Waals surface area contributed by atoms with Gasteiger partial charge in [-0.15, -0.1) is 11.3 Å². The molecule has 0 saturated heterocycles. The van der Waals surface area contributed by atoms with E-state index in [-0.39, 0.29) is 6.61 Å². The third-order valence-corrected chi connectivity index (χ3v) is 1.89. The second kappa shape index (κ2) is 4.57. The van der Waals surface area contributed by atoms with Crippen LogP contribution in [0.5, 0.6) is 0 Å². The van der Waals surface area contributed by atoms with Crippen molar-refractivity contribution in [2.45, 2.75) is 12.6 Å². The maximum Gasteiger partial charge on any atom is 0.411 e. The average Bonchev–Trinajstić information content (AvgIpc) is 2.48. The molecule has 0 fully saturated rings. The normalized spacial score (nSPS) is 11.9. The molecule has 1 heterocycles. The summed E-state index contributed by atoms with van der Waals surface area (Å²) in [5.74, 6) is 0. The summed E-state index contributed by atoms with van der Waals surface area (Å²) in [6.45, 7) is -1.12. The van der Waals surface area contributed by atoms with Crippen LogP contribution in [0.3, 0.4) is 0 Å². The van der Waals surface area contributed by atoms with E-state index in [0.29, 0.717) is 6.42 Å². The van der Waals surface area contributed by atoms with Gasteiger partial charge in [-0.3, -0.25) is 0 Å². The smallest absolute Gasteiger partial charge is 0.372 e. The van der Waals surface area contributed by atoms with Crippen LogP contribution in [-0.2, 0) is 11.2 Å². The van der Waals surface area contributed by atoms with Gasteiger partial charge in [0, 0.05) is 11.8 Å². The van der Waals surface area contributed by atoms with Gasteiger partial charge in [0.1, 0.15) is 6.61 Å². The van der Waals surface area contributed by atoms with E-state index < -0.39 is 12.8 Å². The molecule has 13 heavy (non-hydrogen) atoms. The SMILES string of the molecule is FC(F)(F)COCCc1cscn1. The first-order chi connectivity index (χ1) is 6.08. The molecule has 6 heteroatoms. The minimum Gasteiger partial charge on any atom is -0.372 e. The molecule has 0 saturated carbocycles. The maximum atomic E-state index is 11.6. The zero-order valence-corrected chi connectivity index (χ0v) is 7.49. The van der Waals surface area contributed by atoms with Gasteiger partial charge < -0.3 is 4.74 Å². The third kappa shape index (κ3) is 4.84. The van der Waals surface area contributed by atoms with Crippen LogP contribution in [0.25, 0.3) is 0 Å². The molecule has 1 aromatic rings. The van der Waals surface area contributed by atoms with Crippen molar-refractivity contribution >= 4 is 11.3 Å². The fourth-order valence-corrected chi connectivity index (χ4v) is 1.32. The summed E-state index contributed by atoms with van der Waals surface area (Å²) in [7, 11) is 0. The summed E-state index contributed by atoms with van der Waals surface area (Å²) in [5.41, 5.74) is 2.41. The minimum absolute atomic E-state index is 0.0588. The second-order valence-electron chi connectivity index (χ2n) is 2.40. The van der Waals surface area contributed by atoms with Crippen molar-refractivity contribution in [3.8, 4) is 0 Å². The van der Waals surface area contributed by atoms with Crippen molar-refractivity contribution in [3.63, 3.8) is 0 Å². The number of hydrogen-bond acceptors (Lipinski definition) is 3. The Bertz CT molecular complexity index is 234. The molecule has 0 N–H and O–H groups in total. The van der Waals surface area contributed by atoms with E-state index in [9.17, 15) is 13.2 Å². The molecule has 0 radical (unpaired) electrons. The first-order valence-electron chi connectivity index (χ1n) is 3.59. The molecule has 0 aliphatic carbocycles. The van der Waals surface area contributed by atoms with Gasteiger partial charge in [0.25, 0.3) is 0 Å². The quantitative estimate of drug-likeness (QED) is 0.713. The van der Waals surface area contributed by atoms with E-state index in [2.05, 4.69) is 9.72 Å². The number of halogens is 3. The van der Waals surface area contributed by atoms with Crippen LogP contribution in [0.2, 0.25) is 0 Å². The lowest BCUT2D eigenvalue weighted by molar-refractivity contribution is -0.173. The largest absolute Gasteiger partial charge is 0.411 e. The lowest BCUT2D eigenvalue weighted by Crippen LogP contribution is -2.17. The third-order valence-electron chi connectivity index (χ3n) is 1.25. The standard InChI is InChI=1S/C7H8F3NOS/c8-7(9,10)4-12-2-1-6-3-13-5-11-6/h3,5H,1-2,4H2. The van der Waals surface area contributed by atoms with Crippen LogP contribution >= 0.6 is 11.3 Å². The molecule has 0 spiro atoms. The lowest BCUT2D eigenvalue weighted by atomic mass is 10.4. The molecule has 0 unspecified atom stereocenters. The molecule has 1 aromatic heterocycles. The van der Waals surface area contributed by atoms with Gasteiger partial charge in [-0.2, -0.15) is 13.2 Å². The Hall–Kier alpha value is -0.620. The summed E-state index contributed by atoms with van der Waals surface area (Å²) in [5, 5.41) is 1.79. The minimum atomic E-state index is -4.23. The Morgan fingerprint density at radius 1 is 1.46 bits per heavy atom. The number of ether oxygens (including phenoxy) is 1. The predicted molar refractivity (Wildman–Crippen MR) is 42.7 cm³/mol. The summed E-state index contributed by atoms with van der Waals surface area (Å²) >= 11 is 1.41. The lowest BCUT2D eigenvalue weighted by Gasteiger charge is -2.06. The molecule has 0 bridgehead atoms. The van der Waals surface area contributed by atoms with E-state index in [4.69, 9.17) is 0 Å². The molecule has 0 aromatic carbocycles. The number of nitrogens with zero attached hydrogens (tertiary/aromatic N) is 1. The van der Waals surface area contributed by atoms with Crippen LogP contribution in [0.15, 0.2) is 10.9 Å². The van der Waals surface area contributed by atoms with Crippen molar-refractivity contribution < 1.29 is 17.9 Å². The Labute approximate surface area is 77.4 Å². The van der Waals surface area contributed by atoms with E-state index in [1.165, 1.54) is 11.3 Å². The Morgan fingerprint density at radius 3 is 2.77 bits per heavy atom. The van der Waals surface area contributed by atoms with Gasteiger partial charge in [0.05, 0.1) is 17.8 Å². The average molecular weight is 211 g/mol. The zero-order valence-electron chi connectivity index (χ0n) is 6.67. The highest BCUT2D eigenvalue weighted by atomic mass is 32.1. The number of thiazole rings is 1. The fraction of sp³-hybridized carbons (Fsp3) is 0.571. The Kier molecular flexibility index (Phi) is 3.68. The van der Waals surface area contributed by atoms with Crippen molar-refractivity contribution in [1.29, 1.82) is 0 Å². The van der Waals surface area contributed by atoms with Gasteiger partial charge in [-0.25, -0.2) is 4.98 Å². The van der Waals surface area contributed by atoms with Gasteiger partial charge in [-0.1, -0.05) is 0 Å². The Morgan fingerprint density at radius 2 is 2.23 bits per heavy atom. The highest BCUT2D eigenvalue weighted by Crippen LogP contribution is 2.14. The van der Waals surface area contributed by atoms with Crippen LogP contribution in [0.1, 0.15) is 5.69 Å². The van der Waals surface area contributed by atoms with Crippen LogP contribution in [0.4, 0.5) is 13.2 Å². The topological polar surface area (TPSA) is 22.1 Å². The van der Waals surface area contributed by atoms with Crippen molar-refractivity contribution in [2.75, 3.05) is 13.2 Å². The first kappa shape index (κ1) is 10.5. The fourth-order valence-electron chi connectivity index (χ4n) is 0.726. The number of alkyl halides is 3. The van der Waals surface area contributed by atoms with E-state index >= 15 is 0 Å². The molecular weight excluding hydrogens is 203 g/mol. The van der Waals surface area contributed by atoms with Crippen LogP contribution in [0, 0.1) is 0 Å². The molecule has 74 valence electrons. The number of hydrogen-bond donors (Lipinski definition) is 0. The van der Waals surface area contributed by atoms with Crippen LogP contribution < -0.4 is 0 Å². The first-order valence-corrected chi connectivity index (χ1v) is 4.54. The Balaban J connectivity index is 2.09. The van der Waals surface area contributed by atoms with Gasteiger partial charge in [-0.05, 0) is 0 Å². The highest BCUT2D eigenvalue weighted by Gasteiger charge is 2.27. The van der Waals surface area contributed by atoms with E-state index in [1.807, 2.05) is 0 Å². The zero-order chi connectivity index (χ0) is 9.73. The molecule has 0 amide bonds. The summed E-state index contributed by atoms with van der Waals surface area (Å²) in [6.07, 6.45) is -3.80. The van der Waals surface area contributed by atoms with Crippen molar-refractivity contribution in [1.82, 2.24) is 4.98 Å². The van der Waals surface area contributed by atoms with E-state index in [1.54, 1.807) is 10.9 Å². The van der Waals surface area contributed by atoms with Crippen molar-refractivity contribution in [2.24, 2.45) is 0 Å². The van der Waals surface area contributed by atoms with Gasteiger partial charge in [0.2, 0.25) is 0 Å². The molecular formula is C7H8F3NOS. The number of rotatable bonds is 4. The highest BCUT2D eigenvalue weighted by molar-refractivity contribution is 7.07. The molecule has 0 aliphatic heterocycles. The number of aromatic nitrogens is 1. The molecule has 0 aliphatic rings.